The molecule has 1 aromatic heterocycles. The third kappa shape index (κ3) is 5.72. The number of hydrogen-bond acceptors (Lipinski definition) is 5. The molecule has 1 unspecified atom stereocenters. The van der Waals surface area contributed by atoms with Gasteiger partial charge >= 0.3 is 0 Å². The second-order valence-corrected chi connectivity index (χ2v) is 8.20. The minimum absolute atomic E-state index is 0.0156. The van der Waals surface area contributed by atoms with Crippen molar-refractivity contribution in [1.29, 1.82) is 0 Å². The molecule has 1 N–H and O–H groups in total. The fourth-order valence-corrected chi connectivity index (χ4v) is 4.34. The molecular weight excluding hydrogens is 372 g/mol. The summed E-state index contributed by atoms with van der Waals surface area (Å²) in [5.41, 5.74) is 0. The fraction of sp³-hybridized carbons (Fsp3) is 0.500. The van der Waals surface area contributed by atoms with E-state index in [-0.39, 0.29) is 18.6 Å². The van der Waals surface area contributed by atoms with Crippen LogP contribution < -0.4 is 14.8 Å². The molecule has 0 bridgehead atoms. The van der Waals surface area contributed by atoms with Gasteiger partial charge in [0.2, 0.25) is 0 Å². The molecule has 1 aliphatic rings. The van der Waals surface area contributed by atoms with Gasteiger partial charge in [-0.25, -0.2) is 0 Å². The average Bonchev–Trinajstić information content (AvgIpc) is 3.23. The van der Waals surface area contributed by atoms with Crippen LogP contribution >= 0.6 is 11.3 Å². The lowest BCUT2D eigenvalue weighted by Gasteiger charge is -2.36. The SMILES string of the molecule is CCOc1ccccc1OCC(=O)NCC(c1cccs1)N1CCC(C)CC1. The van der Waals surface area contributed by atoms with Gasteiger partial charge in [0, 0.05) is 11.4 Å². The minimum Gasteiger partial charge on any atom is -0.490 e. The van der Waals surface area contributed by atoms with Crippen LogP contribution in [-0.2, 0) is 4.79 Å². The number of thiophene rings is 1. The van der Waals surface area contributed by atoms with Crippen LogP contribution in [0.25, 0.3) is 0 Å². The van der Waals surface area contributed by atoms with Gasteiger partial charge in [-0.2, -0.15) is 0 Å². The van der Waals surface area contributed by atoms with E-state index < -0.39 is 0 Å². The molecule has 1 amide bonds. The predicted molar refractivity (Wildman–Crippen MR) is 113 cm³/mol. The normalized spacial score (nSPS) is 16.5. The molecule has 1 saturated heterocycles. The molecule has 3 rings (SSSR count). The number of nitrogens with one attached hydrogen (secondary N) is 1. The van der Waals surface area contributed by atoms with E-state index in [1.165, 1.54) is 17.7 Å². The highest BCUT2D eigenvalue weighted by atomic mass is 32.1. The molecule has 1 aliphatic heterocycles. The van der Waals surface area contributed by atoms with Crippen molar-refractivity contribution in [3.05, 3.63) is 46.7 Å². The third-order valence-electron chi connectivity index (χ3n) is 5.13. The van der Waals surface area contributed by atoms with Gasteiger partial charge in [0.15, 0.2) is 18.1 Å². The van der Waals surface area contributed by atoms with Gasteiger partial charge in [0.25, 0.3) is 5.91 Å². The Morgan fingerprint density at radius 2 is 1.89 bits per heavy atom. The van der Waals surface area contributed by atoms with Crippen molar-refractivity contribution in [3.8, 4) is 11.5 Å². The van der Waals surface area contributed by atoms with Gasteiger partial charge in [-0.15, -0.1) is 11.3 Å². The van der Waals surface area contributed by atoms with Crippen molar-refractivity contribution in [2.24, 2.45) is 5.92 Å². The Hall–Kier alpha value is -2.05. The molecule has 1 aromatic carbocycles. The number of para-hydroxylation sites is 2. The topological polar surface area (TPSA) is 50.8 Å². The lowest BCUT2D eigenvalue weighted by atomic mass is 9.97. The van der Waals surface area contributed by atoms with E-state index in [4.69, 9.17) is 9.47 Å². The number of likely N-dealkylation sites (tertiary alicyclic amines) is 1. The number of carbonyl (C=O) groups is 1. The highest BCUT2D eigenvalue weighted by Crippen LogP contribution is 2.29. The summed E-state index contributed by atoms with van der Waals surface area (Å²) in [5.74, 6) is 1.93. The van der Waals surface area contributed by atoms with Crippen molar-refractivity contribution < 1.29 is 14.3 Å². The van der Waals surface area contributed by atoms with E-state index in [2.05, 4.69) is 34.7 Å². The Morgan fingerprint density at radius 1 is 1.18 bits per heavy atom. The van der Waals surface area contributed by atoms with Crippen molar-refractivity contribution in [2.75, 3.05) is 32.8 Å². The Kier molecular flexibility index (Phi) is 7.74. The Morgan fingerprint density at radius 3 is 2.54 bits per heavy atom. The Labute approximate surface area is 171 Å². The van der Waals surface area contributed by atoms with Crippen LogP contribution in [0.2, 0.25) is 0 Å². The molecule has 1 atom stereocenters. The first-order chi connectivity index (χ1) is 13.7. The molecule has 2 aromatic rings. The molecule has 0 aliphatic carbocycles. The van der Waals surface area contributed by atoms with Crippen LogP contribution in [-0.4, -0.2) is 43.7 Å². The number of ether oxygens (including phenoxy) is 2. The lowest BCUT2D eigenvalue weighted by Crippen LogP contribution is -2.42. The molecule has 2 heterocycles. The summed E-state index contributed by atoms with van der Waals surface area (Å²) in [6.45, 7) is 7.55. The summed E-state index contributed by atoms with van der Waals surface area (Å²) in [6, 6.07) is 11.9. The molecule has 5 nitrogen and oxygen atoms in total. The number of nitrogens with zero attached hydrogens (tertiary/aromatic N) is 1. The van der Waals surface area contributed by atoms with Gasteiger partial charge in [0.1, 0.15) is 0 Å². The predicted octanol–water partition coefficient (Wildman–Crippen LogP) is 4.12. The summed E-state index contributed by atoms with van der Waals surface area (Å²) in [7, 11) is 0. The van der Waals surface area contributed by atoms with Crippen LogP contribution in [0.1, 0.15) is 37.6 Å². The molecular formula is C22H30N2O3S. The van der Waals surface area contributed by atoms with Crippen LogP contribution in [0, 0.1) is 5.92 Å². The minimum atomic E-state index is -0.113. The zero-order valence-electron chi connectivity index (χ0n) is 16.7. The molecule has 6 heteroatoms. The standard InChI is InChI=1S/C22H30N2O3S/c1-3-26-19-7-4-5-8-20(19)27-16-22(25)23-15-18(21-9-6-14-28-21)24-12-10-17(2)11-13-24/h4-9,14,17-18H,3,10-13,15-16H2,1-2H3,(H,23,25). The maximum atomic E-state index is 12.4. The van der Waals surface area contributed by atoms with Crippen molar-refractivity contribution >= 4 is 17.2 Å². The zero-order valence-corrected chi connectivity index (χ0v) is 17.5. The van der Waals surface area contributed by atoms with Gasteiger partial charge in [-0.1, -0.05) is 25.1 Å². The van der Waals surface area contributed by atoms with Crippen LogP contribution in [0.15, 0.2) is 41.8 Å². The molecule has 0 spiro atoms. The van der Waals surface area contributed by atoms with E-state index in [0.717, 1.165) is 19.0 Å². The monoisotopic (exact) mass is 402 g/mol. The Balaban J connectivity index is 1.54. The van der Waals surface area contributed by atoms with E-state index in [9.17, 15) is 4.79 Å². The molecule has 0 saturated carbocycles. The first-order valence-electron chi connectivity index (χ1n) is 10.1. The van der Waals surface area contributed by atoms with Crippen molar-refractivity contribution in [1.82, 2.24) is 10.2 Å². The first-order valence-corrected chi connectivity index (χ1v) is 10.9. The van der Waals surface area contributed by atoms with Gasteiger partial charge < -0.3 is 14.8 Å². The van der Waals surface area contributed by atoms with Crippen molar-refractivity contribution in [2.45, 2.75) is 32.7 Å². The summed E-state index contributed by atoms with van der Waals surface area (Å²) >= 11 is 1.75. The average molecular weight is 403 g/mol. The van der Waals surface area contributed by atoms with Crippen LogP contribution in [0.4, 0.5) is 0 Å². The van der Waals surface area contributed by atoms with E-state index in [1.54, 1.807) is 11.3 Å². The van der Waals surface area contributed by atoms with Gasteiger partial charge in [-0.05, 0) is 62.4 Å². The summed E-state index contributed by atoms with van der Waals surface area (Å²) in [5, 5.41) is 5.16. The largest absolute Gasteiger partial charge is 0.490 e. The maximum absolute atomic E-state index is 12.4. The fourth-order valence-electron chi connectivity index (χ4n) is 3.48. The third-order valence-corrected chi connectivity index (χ3v) is 6.10. The quantitative estimate of drug-likeness (QED) is 0.686. The van der Waals surface area contributed by atoms with Crippen molar-refractivity contribution in [3.63, 3.8) is 0 Å². The molecule has 1 fully saturated rings. The number of benzene rings is 1. The summed E-state index contributed by atoms with van der Waals surface area (Å²) in [4.78, 5) is 16.2. The zero-order chi connectivity index (χ0) is 19.8. The number of rotatable bonds is 9. The van der Waals surface area contributed by atoms with E-state index >= 15 is 0 Å². The molecule has 28 heavy (non-hydrogen) atoms. The number of hydrogen-bond donors (Lipinski definition) is 1. The number of carbonyl (C=O) groups excluding carboxylic acids is 1. The van der Waals surface area contributed by atoms with Gasteiger partial charge in [0.05, 0.1) is 12.6 Å². The van der Waals surface area contributed by atoms with E-state index in [0.29, 0.717) is 24.7 Å². The first kappa shape index (κ1) is 20.7. The van der Waals surface area contributed by atoms with Crippen LogP contribution in [0.3, 0.4) is 0 Å². The highest BCUT2D eigenvalue weighted by molar-refractivity contribution is 7.10. The second-order valence-electron chi connectivity index (χ2n) is 7.22. The molecule has 152 valence electrons. The number of amides is 1. The maximum Gasteiger partial charge on any atom is 0.258 e. The van der Waals surface area contributed by atoms with E-state index in [1.807, 2.05) is 31.2 Å². The Bertz CT molecular complexity index is 727. The highest BCUT2D eigenvalue weighted by Gasteiger charge is 2.25. The second kappa shape index (κ2) is 10.5. The van der Waals surface area contributed by atoms with Crippen LogP contribution in [0.5, 0.6) is 11.5 Å². The summed E-state index contributed by atoms with van der Waals surface area (Å²) in [6.07, 6.45) is 2.43. The summed E-state index contributed by atoms with van der Waals surface area (Å²) < 4.78 is 11.2. The lowest BCUT2D eigenvalue weighted by molar-refractivity contribution is -0.123. The molecule has 0 radical (unpaired) electrons. The van der Waals surface area contributed by atoms with Gasteiger partial charge in [-0.3, -0.25) is 9.69 Å². The smallest absolute Gasteiger partial charge is 0.258 e. The number of piperidine rings is 1.